The first-order valence-electron chi connectivity index (χ1n) is 10.0. The average molecular weight is 407 g/mol. The van der Waals surface area contributed by atoms with Gasteiger partial charge >= 0.3 is 0 Å². The summed E-state index contributed by atoms with van der Waals surface area (Å²) >= 11 is 0. The standard InChI is InChI=1S/C22H25N5O3/c1-16(2)14-30-21-9-8-17(10-23-21)22(28)26-12-19(13-26)27-11-18(24-25-27)15-29-20-6-4-3-5-7-20/h3-11,16,19H,12-15H2,1-2H3. The van der Waals surface area contributed by atoms with Crippen LogP contribution in [-0.2, 0) is 6.61 Å². The molecule has 0 aliphatic carbocycles. The fraction of sp³-hybridized carbons (Fsp3) is 0.364. The Morgan fingerprint density at radius 1 is 1.13 bits per heavy atom. The van der Waals surface area contributed by atoms with Crippen molar-refractivity contribution < 1.29 is 14.3 Å². The molecule has 1 aromatic carbocycles. The molecule has 0 saturated carbocycles. The van der Waals surface area contributed by atoms with Crippen LogP contribution in [0.5, 0.6) is 11.6 Å². The van der Waals surface area contributed by atoms with E-state index in [1.807, 2.05) is 36.5 Å². The molecule has 30 heavy (non-hydrogen) atoms. The summed E-state index contributed by atoms with van der Waals surface area (Å²) < 4.78 is 13.1. The third kappa shape index (κ3) is 4.76. The van der Waals surface area contributed by atoms with E-state index in [9.17, 15) is 4.79 Å². The third-order valence-electron chi connectivity index (χ3n) is 4.76. The van der Waals surface area contributed by atoms with E-state index in [-0.39, 0.29) is 11.9 Å². The van der Waals surface area contributed by atoms with Crippen LogP contribution in [0, 0.1) is 5.92 Å². The van der Waals surface area contributed by atoms with Crippen LogP contribution in [0.2, 0.25) is 0 Å². The molecule has 8 nitrogen and oxygen atoms in total. The summed E-state index contributed by atoms with van der Waals surface area (Å²) in [6, 6.07) is 13.2. The van der Waals surface area contributed by atoms with E-state index < -0.39 is 0 Å². The molecule has 2 aromatic heterocycles. The number of hydrogen-bond donors (Lipinski definition) is 0. The van der Waals surface area contributed by atoms with Crippen molar-refractivity contribution in [3.8, 4) is 11.6 Å². The van der Waals surface area contributed by atoms with Crippen molar-refractivity contribution in [3.05, 3.63) is 66.1 Å². The number of carbonyl (C=O) groups excluding carboxylic acids is 1. The second kappa shape index (κ2) is 8.94. The lowest BCUT2D eigenvalue weighted by molar-refractivity contribution is 0.0498. The van der Waals surface area contributed by atoms with Gasteiger partial charge in [-0.3, -0.25) is 4.79 Å². The van der Waals surface area contributed by atoms with Gasteiger partial charge in [-0.15, -0.1) is 5.10 Å². The van der Waals surface area contributed by atoms with Crippen molar-refractivity contribution in [1.82, 2.24) is 24.9 Å². The Morgan fingerprint density at radius 3 is 2.63 bits per heavy atom. The highest BCUT2D eigenvalue weighted by atomic mass is 16.5. The van der Waals surface area contributed by atoms with Gasteiger partial charge in [0.15, 0.2) is 0 Å². The summed E-state index contributed by atoms with van der Waals surface area (Å²) in [6.45, 7) is 6.29. The van der Waals surface area contributed by atoms with Gasteiger partial charge in [0.2, 0.25) is 5.88 Å². The molecule has 4 rings (SSSR count). The largest absolute Gasteiger partial charge is 0.487 e. The van der Waals surface area contributed by atoms with Crippen molar-refractivity contribution in [2.45, 2.75) is 26.5 Å². The molecular weight excluding hydrogens is 382 g/mol. The Balaban J connectivity index is 1.26. The number of likely N-dealkylation sites (tertiary alicyclic amines) is 1. The third-order valence-corrected chi connectivity index (χ3v) is 4.76. The number of amides is 1. The van der Waals surface area contributed by atoms with E-state index in [0.29, 0.717) is 43.7 Å². The maximum Gasteiger partial charge on any atom is 0.255 e. The van der Waals surface area contributed by atoms with Crippen LogP contribution in [0.1, 0.15) is 35.9 Å². The Bertz CT molecular complexity index is 966. The first-order valence-corrected chi connectivity index (χ1v) is 10.0. The van der Waals surface area contributed by atoms with E-state index >= 15 is 0 Å². The van der Waals surface area contributed by atoms with Crippen LogP contribution < -0.4 is 9.47 Å². The second-order valence-corrected chi connectivity index (χ2v) is 7.75. The summed E-state index contributed by atoms with van der Waals surface area (Å²) in [7, 11) is 0. The van der Waals surface area contributed by atoms with Crippen LogP contribution in [0.3, 0.4) is 0 Å². The maximum atomic E-state index is 12.6. The molecule has 0 unspecified atom stereocenters. The minimum absolute atomic E-state index is 0.0399. The predicted molar refractivity (Wildman–Crippen MR) is 110 cm³/mol. The summed E-state index contributed by atoms with van der Waals surface area (Å²) in [5, 5.41) is 8.35. The summed E-state index contributed by atoms with van der Waals surface area (Å²) in [4.78, 5) is 18.6. The highest BCUT2D eigenvalue weighted by molar-refractivity contribution is 5.94. The Morgan fingerprint density at radius 2 is 1.93 bits per heavy atom. The molecule has 8 heteroatoms. The highest BCUT2D eigenvalue weighted by Gasteiger charge is 2.33. The molecule has 1 saturated heterocycles. The lowest BCUT2D eigenvalue weighted by atomic mass is 10.1. The monoisotopic (exact) mass is 407 g/mol. The van der Waals surface area contributed by atoms with Gasteiger partial charge in [0, 0.05) is 25.4 Å². The van der Waals surface area contributed by atoms with E-state index in [0.717, 1.165) is 11.4 Å². The van der Waals surface area contributed by atoms with Crippen LogP contribution >= 0.6 is 0 Å². The van der Waals surface area contributed by atoms with Gasteiger partial charge < -0.3 is 14.4 Å². The molecule has 156 valence electrons. The number of benzene rings is 1. The molecule has 0 bridgehead atoms. The van der Waals surface area contributed by atoms with Crippen molar-refractivity contribution in [3.63, 3.8) is 0 Å². The van der Waals surface area contributed by atoms with Gasteiger partial charge in [0.05, 0.1) is 24.4 Å². The van der Waals surface area contributed by atoms with Crippen LogP contribution in [-0.4, -0.2) is 50.5 Å². The smallest absolute Gasteiger partial charge is 0.255 e. The van der Waals surface area contributed by atoms with Gasteiger partial charge in [-0.1, -0.05) is 37.3 Å². The number of para-hydroxylation sites is 1. The molecule has 3 heterocycles. The zero-order valence-electron chi connectivity index (χ0n) is 17.1. The highest BCUT2D eigenvalue weighted by Crippen LogP contribution is 2.23. The first kappa shape index (κ1) is 19.9. The quantitative estimate of drug-likeness (QED) is 0.571. The molecule has 1 fully saturated rings. The molecule has 1 amide bonds. The van der Waals surface area contributed by atoms with Gasteiger partial charge in [0.1, 0.15) is 18.1 Å². The van der Waals surface area contributed by atoms with E-state index in [4.69, 9.17) is 9.47 Å². The van der Waals surface area contributed by atoms with Crippen molar-refractivity contribution in [2.24, 2.45) is 5.92 Å². The predicted octanol–water partition coefficient (Wildman–Crippen LogP) is 2.98. The molecule has 0 N–H and O–H groups in total. The molecule has 1 aliphatic rings. The van der Waals surface area contributed by atoms with E-state index in [1.54, 1.807) is 27.9 Å². The Kier molecular flexibility index (Phi) is 5.92. The number of nitrogens with zero attached hydrogens (tertiary/aromatic N) is 5. The number of rotatable bonds is 8. The van der Waals surface area contributed by atoms with E-state index in [1.165, 1.54) is 0 Å². The van der Waals surface area contributed by atoms with Crippen LogP contribution in [0.25, 0.3) is 0 Å². The lowest BCUT2D eigenvalue weighted by Gasteiger charge is -2.38. The maximum absolute atomic E-state index is 12.6. The first-order chi connectivity index (χ1) is 14.6. The number of ether oxygens (including phenoxy) is 2. The van der Waals surface area contributed by atoms with Gasteiger partial charge in [0.25, 0.3) is 5.91 Å². The number of pyridine rings is 1. The van der Waals surface area contributed by atoms with Crippen molar-refractivity contribution in [2.75, 3.05) is 19.7 Å². The normalized spacial score (nSPS) is 13.9. The number of hydrogen-bond acceptors (Lipinski definition) is 6. The van der Waals surface area contributed by atoms with Gasteiger partial charge in [-0.2, -0.15) is 0 Å². The fourth-order valence-electron chi connectivity index (χ4n) is 3.05. The number of aromatic nitrogens is 4. The minimum Gasteiger partial charge on any atom is -0.487 e. The summed E-state index contributed by atoms with van der Waals surface area (Å²) in [6.07, 6.45) is 3.44. The molecule has 0 atom stereocenters. The second-order valence-electron chi connectivity index (χ2n) is 7.75. The van der Waals surface area contributed by atoms with Crippen molar-refractivity contribution in [1.29, 1.82) is 0 Å². The van der Waals surface area contributed by atoms with Crippen LogP contribution in [0.15, 0.2) is 54.9 Å². The van der Waals surface area contributed by atoms with Gasteiger partial charge in [-0.25, -0.2) is 9.67 Å². The van der Waals surface area contributed by atoms with E-state index in [2.05, 4.69) is 29.1 Å². The molecule has 3 aromatic rings. The van der Waals surface area contributed by atoms with Crippen molar-refractivity contribution >= 4 is 5.91 Å². The Hall–Kier alpha value is -3.42. The Labute approximate surface area is 175 Å². The zero-order chi connectivity index (χ0) is 20.9. The zero-order valence-corrected chi connectivity index (χ0v) is 17.1. The fourth-order valence-corrected chi connectivity index (χ4v) is 3.05. The SMILES string of the molecule is CC(C)COc1ccc(C(=O)N2CC(n3cc(COc4ccccc4)nn3)C2)cn1. The topological polar surface area (TPSA) is 82.4 Å². The molecule has 0 radical (unpaired) electrons. The molecule has 1 aliphatic heterocycles. The lowest BCUT2D eigenvalue weighted by Crippen LogP contribution is -2.50. The average Bonchev–Trinajstić information content (AvgIpc) is 3.19. The van der Waals surface area contributed by atoms with Gasteiger partial charge in [-0.05, 0) is 24.1 Å². The van der Waals surface area contributed by atoms with Crippen LogP contribution in [0.4, 0.5) is 0 Å². The molecule has 0 spiro atoms. The number of carbonyl (C=O) groups is 1. The molecular formula is C22H25N5O3. The summed E-state index contributed by atoms with van der Waals surface area (Å²) in [5.74, 6) is 1.71. The minimum atomic E-state index is -0.0399. The summed E-state index contributed by atoms with van der Waals surface area (Å²) in [5.41, 5.74) is 1.31.